The summed E-state index contributed by atoms with van der Waals surface area (Å²) in [5.41, 5.74) is 8.11. The van der Waals surface area contributed by atoms with Crippen molar-refractivity contribution in [3.8, 4) is 17.0 Å². The van der Waals surface area contributed by atoms with E-state index in [1.54, 1.807) is 19.2 Å². The molecule has 0 unspecified atom stereocenters. The maximum atomic E-state index is 14.4. The summed E-state index contributed by atoms with van der Waals surface area (Å²) >= 11 is 0. The monoisotopic (exact) mass is 422 g/mol. The zero-order valence-corrected chi connectivity index (χ0v) is 17.9. The summed E-state index contributed by atoms with van der Waals surface area (Å²) < 4.78 is 14.4. The molecular formula is C23H27FN6O. The van der Waals surface area contributed by atoms with Gasteiger partial charge in [0.2, 0.25) is 0 Å². The van der Waals surface area contributed by atoms with E-state index in [0.29, 0.717) is 28.9 Å². The number of phenolic OH excluding ortho intramolecular Hbond substituents is 1. The number of nitrogens with one attached hydrogen (secondary N) is 1. The molecule has 8 heteroatoms. The number of nitrogens with two attached hydrogens (primary N) is 1. The Labute approximate surface area is 180 Å². The van der Waals surface area contributed by atoms with Crippen molar-refractivity contribution in [2.45, 2.75) is 32.4 Å². The number of aliphatic imine (C=N–C) groups is 1. The molecule has 0 amide bonds. The standard InChI is InChI=1S/C23H27FN6O/c1-13(2)27-15-8-9-30(12-15)20-7-6-18-19(29-20)5-4-17(28-18)16-10-14(11-26-3)22(25)21(24)23(16)31/h4-7,10-11,13,15,27,31H,8-9,12,25H2,1-3H3/t15-/m1/s1. The number of rotatable bonds is 5. The molecule has 1 aliphatic rings. The SMILES string of the molecule is CN=Cc1cc(-c2ccc3nc(N4CC[C@@H](NC(C)C)C4)ccc3n2)c(O)c(F)c1N. The van der Waals surface area contributed by atoms with E-state index < -0.39 is 11.6 Å². The molecule has 0 saturated carbocycles. The lowest BCUT2D eigenvalue weighted by Gasteiger charge is -2.19. The highest BCUT2D eigenvalue weighted by Crippen LogP contribution is 2.36. The molecule has 2 aromatic heterocycles. The molecule has 0 spiro atoms. The lowest BCUT2D eigenvalue weighted by Crippen LogP contribution is -2.37. The second-order valence-corrected chi connectivity index (χ2v) is 8.13. The predicted molar refractivity (Wildman–Crippen MR) is 123 cm³/mol. The van der Waals surface area contributed by atoms with Crippen molar-refractivity contribution in [2.24, 2.45) is 4.99 Å². The highest BCUT2D eigenvalue weighted by Gasteiger charge is 2.24. The minimum Gasteiger partial charge on any atom is -0.504 e. The van der Waals surface area contributed by atoms with Crippen molar-refractivity contribution in [3.05, 3.63) is 41.7 Å². The van der Waals surface area contributed by atoms with Gasteiger partial charge in [-0.1, -0.05) is 13.8 Å². The molecule has 1 aromatic carbocycles. The summed E-state index contributed by atoms with van der Waals surface area (Å²) in [5.74, 6) is -0.484. The summed E-state index contributed by atoms with van der Waals surface area (Å²) in [4.78, 5) is 15.5. The van der Waals surface area contributed by atoms with Gasteiger partial charge in [-0.2, -0.15) is 0 Å². The van der Waals surface area contributed by atoms with Crippen molar-refractivity contribution in [3.63, 3.8) is 0 Å². The molecule has 31 heavy (non-hydrogen) atoms. The fraction of sp³-hybridized carbons (Fsp3) is 0.348. The van der Waals surface area contributed by atoms with Crippen LogP contribution >= 0.6 is 0 Å². The Morgan fingerprint density at radius 1 is 1.26 bits per heavy atom. The van der Waals surface area contributed by atoms with E-state index in [4.69, 9.17) is 10.7 Å². The van der Waals surface area contributed by atoms with Crippen LogP contribution in [0, 0.1) is 5.82 Å². The van der Waals surface area contributed by atoms with Crippen molar-refractivity contribution in [1.82, 2.24) is 15.3 Å². The van der Waals surface area contributed by atoms with Crippen molar-refractivity contribution >= 4 is 28.8 Å². The first kappa shape index (κ1) is 21.0. The third-order valence-corrected chi connectivity index (χ3v) is 5.46. The predicted octanol–water partition coefficient (Wildman–Crippen LogP) is 3.35. The van der Waals surface area contributed by atoms with Gasteiger partial charge in [0.25, 0.3) is 0 Å². The molecule has 3 heterocycles. The molecule has 4 N–H and O–H groups in total. The maximum Gasteiger partial charge on any atom is 0.189 e. The van der Waals surface area contributed by atoms with Gasteiger partial charge in [0.1, 0.15) is 5.82 Å². The number of anilines is 2. The molecule has 1 saturated heterocycles. The topological polar surface area (TPSA) is 99.7 Å². The minimum atomic E-state index is -0.874. The van der Waals surface area contributed by atoms with Gasteiger partial charge in [-0.3, -0.25) is 4.99 Å². The first-order valence-electron chi connectivity index (χ1n) is 10.4. The quantitative estimate of drug-likeness (QED) is 0.431. The van der Waals surface area contributed by atoms with Crippen LogP contribution in [0.1, 0.15) is 25.8 Å². The normalized spacial score (nSPS) is 16.8. The first-order chi connectivity index (χ1) is 14.9. The summed E-state index contributed by atoms with van der Waals surface area (Å²) in [6, 6.07) is 9.92. The zero-order chi connectivity index (χ0) is 22.1. The number of nitrogens with zero attached hydrogens (tertiary/aromatic N) is 4. The highest BCUT2D eigenvalue weighted by molar-refractivity contribution is 5.91. The lowest BCUT2D eigenvalue weighted by atomic mass is 10.0. The largest absolute Gasteiger partial charge is 0.504 e. The Bertz CT molecular complexity index is 1150. The number of aromatic nitrogens is 2. The molecule has 0 radical (unpaired) electrons. The summed E-state index contributed by atoms with van der Waals surface area (Å²) in [6.45, 7) is 6.18. The number of pyridine rings is 2. The van der Waals surface area contributed by atoms with Gasteiger partial charge in [0.05, 0.1) is 22.4 Å². The van der Waals surface area contributed by atoms with Crippen LogP contribution in [0.3, 0.4) is 0 Å². The van der Waals surface area contributed by atoms with Gasteiger partial charge in [0, 0.05) is 49.6 Å². The Balaban J connectivity index is 1.65. The summed E-state index contributed by atoms with van der Waals surface area (Å²) in [7, 11) is 1.57. The van der Waals surface area contributed by atoms with Crippen molar-refractivity contribution in [1.29, 1.82) is 0 Å². The Kier molecular flexibility index (Phi) is 5.73. The van der Waals surface area contributed by atoms with E-state index in [0.717, 1.165) is 30.8 Å². The number of benzene rings is 1. The minimum absolute atomic E-state index is 0.144. The van der Waals surface area contributed by atoms with Crippen LogP contribution in [-0.4, -0.2) is 53.5 Å². The first-order valence-corrected chi connectivity index (χ1v) is 10.4. The van der Waals surface area contributed by atoms with Gasteiger partial charge in [-0.05, 0) is 36.8 Å². The van der Waals surface area contributed by atoms with Crippen LogP contribution in [0.25, 0.3) is 22.3 Å². The summed E-state index contributed by atoms with van der Waals surface area (Å²) in [6.07, 6.45) is 2.54. The molecule has 1 atom stereocenters. The smallest absolute Gasteiger partial charge is 0.189 e. The molecule has 1 fully saturated rings. The van der Waals surface area contributed by atoms with Gasteiger partial charge >= 0.3 is 0 Å². The number of fused-ring (bicyclic) bond motifs is 1. The zero-order valence-electron chi connectivity index (χ0n) is 17.9. The number of hydrogen-bond donors (Lipinski definition) is 3. The second kappa shape index (κ2) is 8.47. The fourth-order valence-corrected chi connectivity index (χ4v) is 4.02. The Morgan fingerprint density at radius 3 is 2.74 bits per heavy atom. The van der Waals surface area contributed by atoms with Crippen LogP contribution in [0.15, 0.2) is 35.3 Å². The van der Waals surface area contributed by atoms with Crippen LogP contribution < -0.4 is 16.0 Å². The van der Waals surface area contributed by atoms with Crippen molar-refractivity contribution in [2.75, 3.05) is 30.8 Å². The highest BCUT2D eigenvalue weighted by atomic mass is 19.1. The lowest BCUT2D eigenvalue weighted by molar-refractivity contribution is 0.436. The average molecular weight is 423 g/mol. The molecule has 162 valence electrons. The molecule has 4 rings (SSSR count). The summed E-state index contributed by atoms with van der Waals surface area (Å²) in [5, 5.41) is 13.9. The Morgan fingerprint density at radius 2 is 2.00 bits per heavy atom. The van der Waals surface area contributed by atoms with Gasteiger partial charge in [-0.15, -0.1) is 0 Å². The van der Waals surface area contributed by atoms with E-state index in [1.807, 2.05) is 18.2 Å². The van der Waals surface area contributed by atoms with Gasteiger partial charge in [0.15, 0.2) is 11.6 Å². The number of nitrogen functional groups attached to an aromatic ring is 1. The third kappa shape index (κ3) is 4.16. The second-order valence-electron chi connectivity index (χ2n) is 8.13. The van der Waals surface area contributed by atoms with E-state index >= 15 is 0 Å². The number of aromatic hydroxyl groups is 1. The molecule has 0 aliphatic carbocycles. The van der Waals surface area contributed by atoms with Gasteiger partial charge in [-0.25, -0.2) is 14.4 Å². The molecular weight excluding hydrogens is 395 g/mol. The van der Waals surface area contributed by atoms with Crippen LogP contribution in [-0.2, 0) is 0 Å². The molecule has 1 aliphatic heterocycles. The van der Waals surface area contributed by atoms with Gasteiger partial charge < -0.3 is 21.1 Å². The molecule has 0 bridgehead atoms. The van der Waals surface area contributed by atoms with Crippen LogP contribution in [0.5, 0.6) is 5.75 Å². The van der Waals surface area contributed by atoms with E-state index in [-0.39, 0.29) is 11.3 Å². The fourth-order valence-electron chi connectivity index (χ4n) is 4.02. The molecule has 3 aromatic rings. The average Bonchev–Trinajstić information content (AvgIpc) is 3.21. The Hall–Kier alpha value is -3.26. The van der Waals surface area contributed by atoms with Crippen LogP contribution in [0.4, 0.5) is 15.9 Å². The van der Waals surface area contributed by atoms with E-state index in [1.165, 1.54) is 6.21 Å². The van der Waals surface area contributed by atoms with E-state index in [2.05, 4.69) is 34.0 Å². The maximum absolute atomic E-state index is 14.4. The third-order valence-electron chi connectivity index (χ3n) is 5.46. The van der Waals surface area contributed by atoms with E-state index in [9.17, 15) is 9.50 Å². The number of hydrogen-bond acceptors (Lipinski definition) is 7. The van der Waals surface area contributed by atoms with Crippen molar-refractivity contribution < 1.29 is 9.50 Å². The van der Waals surface area contributed by atoms with Crippen LogP contribution in [0.2, 0.25) is 0 Å². The molecule has 7 nitrogen and oxygen atoms in total. The number of halogens is 1. The number of phenols is 1.